The Hall–Kier alpha value is -2.28. The van der Waals surface area contributed by atoms with Gasteiger partial charge in [-0.3, -0.25) is 0 Å². The van der Waals surface area contributed by atoms with Crippen LogP contribution in [-0.2, 0) is 0 Å². The standard InChI is InChI=1S/C17H11Cl2N3/c1-10-2-5-15-16(6-10)22-17(21-15)12(9-20)7-11-3-4-13(18)14(19)8-11/h2-8H,1H3,(H,21,22)/b12-7-. The molecule has 0 aliphatic heterocycles. The van der Waals surface area contributed by atoms with Gasteiger partial charge in [0.25, 0.3) is 0 Å². The summed E-state index contributed by atoms with van der Waals surface area (Å²) in [6, 6.07) is 13.3. The van der Waals surface area contributed by atoms with E-state index in [4.69, 9.17) is 23.2 Å². The van der Waals surface area contributed by atoms with Crippen molar-refractivity contribution < 1.29 is 0 Å². The Morgan fingerprint density at radius 2 is 2.00 bits per heavy atom. The zero-order valence-electron chi connectivity index (χ0n) is 11.7. The van der Waals surface area contributed by atoms with E-state index in [1.54, 1.807) is 24.3 Å². The number of rotatable bonds is 2. The summed E-state index contributed by atoms with van der Waals surface area (Å²) >= 11 is 11.9. The highest BCUT2D eigenvalue weighted by atomic mass is 35.5. The molecular formula is C17H11Cl2N3. The second-order valence-electron chi connectivity index (χ2n) is 4.95. The summed E-state index contributed by atoms with van der Waals surface area (Å²) in [4.78, 5) is 7.63. The van der Waals surface area contributed by atoms with Crippen molar-refractivity contribution in [1.29, 1.82) is 5.26 Å². The van der Waals surface area contributed by atoms with Gasteiger partial charge in [0.2, 0.25) is 0 Å². The normalized spacial score (nSPS) is 11.6. The molecule has 1 heterocycles. The number of benzene rings is 2. The van der Waals surface area contributed by atoms with E-state index >= 15 is 0 Å². The number of imidazole rings is 1. The SMILES string of the molecule is Cc1ccc2nc(/C(C#N)=C\c3ccc(Cl)c(Cl)c3)[nH]c2c1. The Bertz CT molecular complexity index is 933. The van der Waals surface area contributed by atoms with Crippen LogP contribution in [0.2, 0.25) is 10.0 Å². The number of halogens is 2. The maximum absolute atomic E-state index is 9.41. The molecule has 0 saturated heterocycles. The minimum atomic E-state index is 0.437. The number of aryl methyl sites for hydroxylation is 1. The minimum Gasteiger partial charge on any atom is -0.337 e. The van der Waals surface area contributed by atoms with Crippen LogP contribution >= 0.6 is 23.2 Å². The number of aromatic nitrogens is 2. The highest BCUT2D eigenvalue weighted by molar-refractivity contribution is 6.42. The van der Waals surface area contributed by atoms with Crippen molar-refractivity contribution in [1.82, 2.24) is 9.97 Å². The van der Waals surface area contributed by atoms with E-state index in [1.807, 2.05) is 25.1 Å². The van der Waals surface area contributed by atoms with E-state index in [-0.39, 0.29) is 0 Å². The second kappa shape index (κ2) is 5.84. The van der Waals surface area contributed by atoms with Crippen LogP contribution in [0.15, 0.2) is 36.4 Å². The maximum atomic E-state index is 9.41. The largest absolute Gasteiger partial charge is 0.337 e. The van der Waals surface area contributed by atoms with Gasteiger partial charge in [-0.2, -0.15) is 5.26 Å². The second-order valence-corrected chi connectivity index (χ2v) is 5.76. The van der Waals surface area contributed by atoms with E-state index in [2.05, 4.69) is 16.0 Å². The Morgan fingerprint density at radius 1 is 1.18 bits per heavy atom. The van der Waals surface area contributed by atoms with Crippen LogP contribution in [0.25, 0.3) is 22.7 Å². The summed E-state index contributed by atoms with van der Waals surface area (Å²) in [5.41, 5.74) is 4.10. The number of allylic oxidation sites excluding steroid dienone is 1. The lowest BCUT2D eigenvalue weighted by Crippen LogP contribution is -1.85. The summed E-state index contributed by atoms with van der Waals surface area (Å²) in [5.74, 6) is 0.536. The number of fused-ring (bicyclic) bond motifs is 1. The zero-order chi connectivity index (χ0) is 15.7. The van der Waals surface area contributed by atoms with Gasteiger partial charge >= 0.3 is 0 Å². The first kappa shape index (κ1) is 14.6. The highest BCUT2D eigenvalue weighted by Crippen LogP contribution is 2.25. The van der Waals surface area contributed by atoms with Gasteiger partial charge in [-0.15, -0.1) is 0 Å². The fourth-order valence-corrected chi connectivity index (χ4v) is 2.48. The number of nitriles is 1. The van der Waals surface area contributed by atoms with Gasteiger partial charge < -0.3 is 4.98 Å². The molecular weight excluding hydrogens is 317 g/mol. The lowest BCUT2D eigenvalue weighted by Gasteiger charge is -1.99. The molecule has 5 heteroatoms. The van der Waals surface area contributed by atoms with Crippen molar-refractivity contribution in [3.8, 4) is 6.07 Å². The van der Waals surface area contributed by atoms with Crippen LogP contribution in [0, 0.1) is 18.3 Å². The molecule has 0 spiro atoms. The number of nitrogens with zero attached hydrogens (tertiary/aromatic N) is 2. The Labute approximate surface area is 137 Å². The molecule has 0 atom stereocenters. The van der Waals surface area contributed by atoms with Crippen LogP contribution in [0.4, 0.5) is 0 Å². The first-order valence-electron chi connectivity index (χ1n) is 6.60. The Kier molecular flexibility index (Phi) is 3.89. The number of aromatic amines is 1. The molecule has 0 bridgehead atoms. The van der Waals surface area contributed by atoms with Crippen LogP contribution < -0.4 is 0 Å². The third kappa shape index (κ3) is 2.85. The van der Waals surface area contributed by atoms with E-state index < -0.39 is 0 Å². The van der Waals surface area contributed by atoms with Gasteiger partial charge in [0, 0.05) is 0 Å². The molecule has 1 N–H and O–H groups in total. The monoisotopic (exact) mass is 327 g/mol. The fourth-order valence-electron chi connectivity index (χ4n) is 2.17. The Morgan fingerprint density at radius 3 is 2.73 bits per heavy atom. The number of hydrogen-bond donors (Lipinski definition) is 1. The molecule has 22 heavy (non-hydrogen) atoms. The van der Waals surface area contributed by atoms with Gasteiger partial charge in [-0.1, -0.05) is 35.3 Å². The average molecular weight is 328 g/mol. The molecule has 3 aromatic rings. The van der Waals surface area contributed by atoms with Gasteiger partial charge in [0.15, 0.2) is 0 Å². The average Bonchev–Trinajstić information content (AvgIpc) is 2.91. The van der Waals surface area contributed by atoms with Gasteiger partial charge in [0.05, 0.1) is 26.7 Å². The molecule has 3 nitrogen and oxygen atoms in total. The lowest BCUT2D eigenvalue weighted by atomic mass is 10.1. The fraction of sp³-hybridized carbons (Fsp3) is 0.0588. The predicted octanol–water partition coefficient (Wildman–Crippen LogP) is 5.24. The topological polar surface area (TPSA) is 52.5 Å². The van der Waals surface area contributed by atoms with E-state index in [1.165, 1.54) is 0 Å². The third-order valence-electron chi connectivity index (χ3n) is 3.27. The Balaban J connectivity index is 2.07. The van der Waals surface area contributed by atoms with Crippen molar-refractivity contribution in [2.75, 3.05) is 0 Å². The summed E-state index contributed by atoms with van der Waals surface area (Å²) in [6.07, 6.45) is 1.73. The number of nitrogens with one attached hydrogen (secondary N) is 1. The highest BCUT2D eigenvalue weighted by Gasteiger charge is 2.08. The molecule has 0 fully saturated rings. The van der Waals surface area contributed by atoms with Crippen molar-refractivity contribution >= 4 is 45.9 Å². The predicted molar refractivity (Wildman–Crippen MR) is 90.8 cm³/mol. The maximum Gasteiger partial charge on any atom is 0.149 e. The molecule has 0 radical (unpaired) electrons. The van der Waals surface area contributed by atoms with Gasteiger partial charge in [-0.25, -0.2) is 4.98 Å². The first-order chi connectivity index (χ1) is 10.6. The van der Waals surface area contributed by atoms with Crippen molar-refractivity contribution in [2.24, 2.45) is 0 Å². The quantitative estimate of drug-likeness (QED) is 0.654. The molecule has 0 amide bonds. The zero-order valence-corrected chi connectivity index (χ0v) is 13.2. The number of H-pyrrole nitrogens is 1. The van der Waals surface area contributed by atoms with Crippen LogP contribution in [0.3, 0.4) is 0 Å². The summed E-state index contributed by atoms with van der Waals surface area (Å²) in [7, 11) is 0. The first-order valence-corrected chi connectivity index (χ1v) is 7.36. The lowest BCUT2D eigenvalue weighted by molar-refractivity contribution is 1.27. The van der Waals surface area contributed by atoms with E-state index in [0.717, 1.165) is 22.2 Å². The molecule has 2 aromatic carbocycles. The molecule has 0 unspecified atom stereocenters. The van der Waals surface area contributed by atoms with Crippen LogP contribution in [-0.4, -0.2) is 9.97 Å². The van der Waals surface area contributed by atoms with E-state index in [9.17, 15) is 5.26 Å². The van der Waals surface area contributed by atoms with Crippen LogP contribution in [0.5, 0.6) is 0 Å². The minimum absolute atomic E-state index is 0.437. The molecule has 3 rings (SSSR count). The molecule has 1 aromatic heterocycles. The van der Waals surface area contributed by atoms with Crippen LogP contribution in [0.1, 0.15) is 17.0 Å². The van der Waals surface area contributed by atoms with Crippen molar-refractivity contribution in [3.05, 3.63) is 63.4 Å². The molecule has 0 aliphatic carbocycles. The van der Waals surface area contributed by atoms with E-state index in [0.29, 0.717) is 21.4 Å². The third-order valence-corrected chi connectivity index (χ3v) is 4.01. The summed E-state index contributed by atoms with van der Waals surface area (Å²) in [6.45, 7) is 2.01. The van der Waals surface area contributed by atoms with Crippen molar-refractivity contribution in [3.63, 3.8) is 0 Å². The molecule has 0 saturated carbocycles. The summed E-state index contributed by atoms with van der Waals surface area (Å²) < 4.78 is 0. The number of hydrogen-bond acceptors (Lipinski definition) is 2. The smallest absolute Gasteiger partial charge is 0.149 e. The van der Waals surface area contributed by atoms with Gasteiger partial charge in [0.1, 0.15) is 11.9 Å². The summed E-state index contributed by atoms with van der Waals surface area (Å²) in [5, 5.41) is 10.3. The molecule has 0 aliphatic rings. The van der Waals surface area contributed by atoms with Crippen molar-refractivity contribution in [2.45, 2.75) is 6.92 Å². The van der Waals surface area contributed by atoms with Gasteiger partial charge in [-0.05, 0) is 48.4 Å². The molecule has 108 valence electrons.